The van der Waals surface area contributed by atoms with Crippen molar-refractivity contribution in [1.82, 2.24) is 15.3 Å². The minimum atomic E-state index is 0.785. The summed E-state index contributed by atoms with van der Waals surface area (Å²) in [5.41, 5.74) is 0. The molecule has 2 aliphatic rings. The number of rotatable bonds is 2. The molecule has 2 aliphatic heterocycles. The highest BCUT2D eigenvalue weighted by atomic mass is 16.5. The molecule has 0 amide bonds. The van der Waals surface area contributed by atoms with Crippen LogP contribution in [0.25, 0.3) is 0 Å². The van der Waals surface area contributed by atoms with Gasteiger partial charge in [-0.1, -0.05) is 0 Å². The molecule has 104 valence electrons. The zero-order chi connectivity index (χ0) is 12.9. The fourth-order valence-electron chi connectivity index (χ4n) is 2.51. The molecule has 0 atom stereocenters. The summed E-state index contributed by atoms with van der Waals surface area (Å²) in [7, 11) is 0. The molecule has 0 bridgehead atoms. The number of ether oxygens (including phenoxy) is 1. The number of morpholine rings is 1. The molecule has 3 heterocycles. The third kappa shape index (κ3) is 3.13. The third-order valence-corrected chi connectivity index (χ3v) is 3.59. The molecule has 2 saturated heterocycles. The van der Waals surface area contributed by atoms with Crippen LogP contribution in [0.4, 0.5) is 11.8 Å². The van der Waals surface area contributed by atoms with Crippen molar-refractivity contribution in [3.05, 3.63) is 12.3 Å². The molecule has 3 rings (SSSR count). The molecular formula is C13H21N5O. The summed E-state index contributed by atoms with van der Waals surface area (Å²) in [6, 6.07) is 1.99. The van der Waals surface area contributed by atoms with Gasteiger partial charge >= 0.3 is 0 Å². The highest BCUT2D eigenvalue weighted by molar-refractivity contribution is 5.44. The maximum atomic E-state index is 5.38. The standard InChI is InChI=1S/C13H21N5O/c1-3-14-5-7-18(6-1)13-15-4-2-12(16-13)17-8-10-19-11-9-17/h2,4,14H,1,3,5-11H2. The predicted octanol–water partition coefficient (Wildman–Crippen LogP) is 0.113. The van der Waals surface area contributed by atoms with Crippen molar-refractivity contribution in [1.29, 1.82) is 0 Å². The van der Waals surface area contributed by atoms with Gasteiger partial charge in [0.1, 0.15) is 5.82 Å². The van der Waals surface area contributed by atoms with Crippen LogP contribution in [0.2, 0.25) is 0 Å². The minimum Gasteiger partial charge on any atom is -0.378 e. The van der Waals surface area contributed by atoms with Crippen LogP contribution in [0.3, 0.4) is 0 Å². The average Bonchev–Trinajstić information content (AvgIpc) is 2.77. The summed E-state index contributed by atoms with van der Waals surface area (Å²) >= 11 is 0. The monoisotopic (exact) mass is 263 g/mol. The Kier molecular flexibility index (Phi) is 4.10. The van der Waals surface area contributed by atoms with Gasteiger partial charge < -0.3 is 19.9 Å². The van der Waals surface area contributed by atoms with E-state index < -0.39 is 0 Å². The van der Waals surface area contributed by atoms with Gasteiger partial charge in [-0.25, -0.2) is 4.98 Å². The Hall–Kier alpha value is -1.40. The summed E-state index contributed by atoms with van der Waals surface area (Å²) in [6.45, 7) is 7.49. The molecule has 0 unspecified atom stereocenters. The second-order valence-corrected chi connectivity index (χ2v) is 4.90. The molecule has 0 aromatic carbocycles. The van der Waals surface area contributed by atoms with Crippen LogP contribution in [-0.4, -0.2) is 62.5 Å². The van der Waals surface area contributed by atoms with Gasteiger partial charge in [-0.05, 0) is 19.0 Å². The van der Waals surface area contributed by atoms with Crippen LogP contribution < -0.4 is 15.1 Å². The van der Waals surface area contributed by atoms with Crippen molar-refractivity contribution in [2.24, 2.45) is 0 Å². The zero-order valence-electron chi connectivity index (χ0n) is 11.2. The Morgan fingerprint density at radius 1 is 1.05 bits per heavy atom. The first-order valence-corrected chi connectivity index (χ1v) is 7.05. The normalized spacial score (nSPS) is 21.3. The second kappa shape index (κ2) is 6.16. The molecule has 6 heteroatoms. The number of aromatic nitrogens is 2. The molecule has 1 aromatic heterocycles. The Morgan fingerprint density at radius 3 is 2.84 bits per heavy atom. The maximum absolute atomic E-state index is 5.38. The minimum absolute atomic E-state index is 0.785. The summed E-state index contributed by atoms with van der Waals surface area (Å²) in [5.74, 6) is 1.87. The van der Waals surface area contributed by atoms with Gasteiger partial charge in [0.15, 0.2) is 0 Å². The number of nitrogens with zero attached hydrogens (tertiary/aromatic N) is 4. The highest BCUT2D eigenvalue weighted by Gasteiger charge is 2.16. The van der Waals surface area contributed by atoms with Crippen LogP contribution in [0.15, 0.2) is 12.3 Å². The first kappa shape index (κ1) is 12.6. The van der Waals surface area contributed by atoms with Gasteiger partial charge in [0.05, 0.1) is 13.2 Å². The molecule has 0 spiro atoms. The van der Waals surface area contributed by atoms with E-state index in [0.29, 0.717) is 0 Å². The second-order valence-electron chi connectivity index (χ2n) is 4.90. The van der Waals surface area contributed by atoms with Crippen molar-refractivity contribution in [3.8, 4) is 0 Å². The predicted molar refractivity (Wildman–Crippen MR) is 74.8 cm³/mol. The van der Waals surface area contributed by atoms with Gasteiger partial charge in [0.2, 0.25) is 5.95 Å². The molecule has 0 aliphatic carbocycles. The van der Waals surface area contributed by atoms with E-state index in [2.05, 4.69) is 20.1 Å². The lowest BCUT2D eigenvalue weighted by molar-refractivity contribution is 0.122. The lowest BCUT2D eigenvalue weighted by Crippen LogP contribution is -2.37. The first-order chi connectivity index (χ1) is 9.43. The molecule has 19 heavy (non-hydrogen) atoms. The van der Waals surface area contributed by atoms with E-state index in [1.54, 1.807) is 0 Å². The molecule has 1 aromatic rings. The lowest BCUT2D eigenvalue weighted by atomic mass is 10.4. The first-order valence-electron chi connectivity index (χ1n) is 7.05. The van der Waals surface area contributed by atoms with Gasteiger partial charge in [-0.2, -0.15) is 4.98 Å². The Balaban J connectivity index is 1.74. The van der Waals surface area contributed by atoms with Crippen molar-refractivity contribution >= 4 is 11.8 Å². The average molecular weight is 263 g/mol. The third-order valence-electron chi connectivity index (χ3n) is 3.59. The van der Waals surface area contributed by atoms with Crippen LogP contribution in [0, 0.1) is 0 Å². The van der Waals surface area contributed by atoms with Crippen LogP contribution in [0.5, 0.6) is 0 Å². The Morgan fingerprint density at radius 2 is 1.95 bits per heavy atom. The summed E-state index contributed by atoms with van der Waals surface area (Å²) in [4.78, 5) is 13.7. The Labute approximate surface area is 113 Å². The summed E-state index contributed by atoms with van der Waals surface area (Å²) in [6.07, 6.45) is 3.01. The van der Waals surface area contributed by atoms with E-state index in [1.807, 2.05) is 12.3 Å². The van der Waals surface area contributed by atoms with Crippen molar-refractivity contribution in [3.63, 3.8) is 0 Å². The largest absolute Gasteiger partial charge is 0.378 e. The highest BCUT2D eigenvalue weighted by Crippen LogP contribution is 2.16. The van der Waals surface area contributed by atoms with Crippen LogP contribution >= 0.6 is 0 Å². The summed E-state index contributed by atoms with van der Waals surface area (Å²) < 4.78 is 5.38. The van der Waals surface area contributed by atoms with E-state index in [4.69, 9.17) is 9.72 Å². The lowest BCUT2D eigenvalue weighted by Gasteiger charge is -2.28. The molecule has 6 nitrogen and oxygen atoms in total. The van der Waals surface area contributed by atoms with Crippen molar-refractivity contribution in [2.75, 3.05) is 62.3 Å². The van der Waals surface area contributed by atoms with Crippen LogP contribution in [0.1, 0.15) is 6.42 Å². The SMILES string of the molecule is c1cc(N2CCOCC2)nc(N2CCCNCC2)n1. The topological polar surface area (TPSA) is 53.5 Å². The van der Waals surface area contributed by atoms with Crippen LogP contribution in [-0.2, 0) is 4.74 Å². The molecule has 0 saturated carbocycles. The molecule has 1 N–H and O–H groups in total. The summed E-state index contributed by atoms with van der Waals surface area (Å²) in [5, 5.41) is 3.40. The molecular weight excluding hydrogens is 242 g/mol. The van der Waals surface area contributed by atoms with E-state index in [9.17, 15) is 0 Å². The van der Waals surface area contributed by atoms with Crippen molar-refractivity contribution < 1.29 is 4.74 Å². The number of anilines is 2. The van der Waals surface area contributed by atoms with Gasteiger partial charge in [-0.15, -0.1) is 0 Å². The fraction of sp³-hybridized carbons (Fsp3) is 0.692. The number of hydrogen-bond donors (Lipinski definition) is 1. The smallest absolute Gasteiger partial charge is 0.227 e. The molecule has 0 radical (unpaired) electrons. The van der Waals surface area contributed by atoms with E-state index in [1.165, 1.54) is 0 Å². The fourth-order valence-corrected chi connectivity index (χ4v) is 2.51. The quantitative estimate of drug-likeness (QED) is 0.817. The number of nitrogens with one attached hydrogen (secondary N) is 1. The zero-order valence-corrected chi connectivity index (χ0v) is 11.2. The van der Waals surface area contributed by atoms with E-state index in [-0.39, 0.29) is 0 Å². The van der Waals surface area contributed by atoms with Gasteiger partial charge in [-0.3, -0.25) is 0 Å². The number of hydrogen-bond acceptors (Lipinski definition) is 6. The Bertz CT molecular complexity index is 400. The van der Waals surface area contributed by atoms with E-state index >= 15 is 0 Å². The van der Waals surface area contributed by atoms with Gasteiger partial charge in [0.25, 0.3) is 0 Å². The maximum Gasteiger partial charge on any atom is 0.227 e. The van der Waals surface area contributed by atoms with Gasteiger partial charge in [0, 0.05) is 38.9 Å². The molecule has 2 fully saturated rings. The van der Waals surface area contributed by atoms with E-state index in [0.717, 1.165) is 70.7 Å². The van der Waals surface area contributed by atoms with Crippen molar-refractivity contribution in [2.45, 2.75) is 6.42 Å².